The van der Waals surface area contributed by atoms with Crippen molar-refractivity contribution in [2.75, 3.05) is 25.0 Å². The number of aromatic nitrogens is 2. The van der Waals surface area contributed by atoms with Crippen LogP contribution < -0.4 is 10.9 Å². The Labute approximate surface area is 107 Å². The molecule has 1 unspecified atom stereocenters. The van der Waals surface area contributed by atoms with Gasteiger partial charge in [0.2, 0.25) is 0 Å². The molecule has 2 bridgehead atoms. The van der Waals surface area contributed by atoms with Gasteiger partial charge in [0.15, 0.2) is 0 Å². The van der Waals surface area contributed by atoms with E-state index in [0.717, 1.165) is 30.5 Å². The van der Waals surface area contributed by atoms with Crippen LogP contribution in [-0.4, -0.2) is 40.5 Å². The van der Waals surface area contributed by atoms with Gasteiger partial charge in [-0.1, -0.05) is 6.92 Å². The van der Waals surface area contributed by atoms with E-state index in [1.165, 1.54) is 25.9 Å². The molecule has 3 aliphatic heterocycles. The van der Waals surface area contributed by atoms with Crippen molar-refractivity contribution in [1.82, 2.24) is 14.9 Å². The second-order valence-electron chi connectivity index (χ2n) is 5.32. The van der Waals surface area contributed by atoms with E-state index in [-0.39, 0.29) is 5.56 Å². The van der Waals surface area contributed by atoms with Gasteiger partial charge in [0, 0.05) is 25.1 Å². The molecule has 3 fully saturated rings. The standard InChI is InChI=1S/C13H20N4O/c1-2-11-15-12(7-13(18)16-11)14-10-8-17-5-3-9(10)4-6-17/h7,9-10H,2-6,8H2,1H3,(H2,14,15,16,18). The van der Waals surface area contributed by atoms with Gasteiger partial charge in [-0.2, -0.15) is 0 Å². The smallest absolute Gasteiger partial charge is 0.252 e. The zero-order valence-electron chi connectivity index (χ0n) is 10.8. The molecule has 1 atom stereocenters. The van der Waals surface area contributed by atoms with Gasteiger partial charge in [-0.05, 0) is 31.8 Å². The number of anilines is 1. The summed E-state index contributed by atoms with van der Waals surface area (Å²) in [4.78, 5) is 21.2. The Hall–Kier alpha value is -1.36. The van der Waals surface area contributed by atoms with Crippen LogP contribution in [0.3, 0.4) is 0 Å². The zero-order chi connectivity index (χ0) is 12.5. The number of aromatic amines is 1. The van der Waals surface area contributed by atoms with Crippen LogP contribution in [-0.2, 0) is 6.42 Å². The fourth-order valence-corrected chi connectivity index (χ4v) is 3.07. The lowest BCUT2D eigenvalue weighted by Crippen LogP contribution is -2.53. The molecule has 5 heteroatoms. The Morgan fingerprint density at radius 1 is 1.50 bits per heavy atom. The van der Waals surface area contributed by atoms with Crippen LogP contribution in [0, 0.1) is 5.92 Å². The third kappa shape index (κ3) is 2.27. The van der Waals surface area contributed by atoms with Gasteiger partial charge in [-0.25, -0.2) is 4.98 Å². The van der Waals surface area contributed by atoms with Gasteiger partial charge in [0.1, 0.15) is 11.6 Å². The predicted octanol–water partition coefficient (Wildman–Crippen LogP) is 0.838. The SMILES string of the molecule is CCc1nc(NC2CN3CCC2CC3)cc(=O)[nH]1. The van der Waals surface area contributed by atoms with Crippen LogP contribution in [0.4, 0.5) is 5.82 Å². The summed E-state index contributed by atoms with van der Waals surface area (Å²) in [6, 6.07) is 2.02. The fourth-order valence-electron chi connectivity index (χ4n) is 3.07. The molecule has 18 heavy (non-hydrogen) atoms. The van der Waals surface area contributed by atoms with E-state index < -0.39 is 0 Å². The number of nitrogens with zero attached hydrogens (tertiary/aromatic N) is 2. The van der Waals surface area contributed by atoms with E-state index in [1.807, 2.05) is 6.92 Å². The lowest BCUT2D eigenvalue weighted by atomic mass is 9.84. The second kappa shape index (κ2) is 4.72. The Kier molecular flexibility index (Phi) is 3.07. The molecule has 98 valence electrons. The molecule has 4 rings (SSSR count). The minimum atomic E-state index is -0.0642. The summed E-state index contributed by atoms with van der Waals surface area (Å²) in [6.45, 7) is 5.54. The highest BCUT2D eigenvalue weighted by atomic mass is 16.1. The largest absolute Gasteiger partial charge is 0.366 e. The summed E-state index contributed by atoms with van der Waals surface area (Å²) in [6.07, 6.45) is 3.29. The van der Waals surface area contributed by atoms with Gasteiger partial charge in [0.05, 0.1) is 0 Å². The van der Waals surface area contributed by atoms with Crippen LogP contribution in [0.1, 0.15) is 25.6 Å². The van der Waals surface area contributed by atoms with Gasteiger partial charge in [-0.15, -0.1) is 0 Å². The fraction of sp³-hybridized carbons (Fsp3) is 0.692. The first-order valence-electron chi connectivity index (χ1n) is 6.83. The number of hydrogen-bond acceptors (Lipinski definition) is 4. The summed E-state index contributed by atoms with van der Waals surface area (Å²) < 4.78 is 0. The normalized spacial score (nSPS) is 30.4. The highest BCUT2D eigenvalue weighted by Crippen LogP contribution is 2.29. The number of nitrogens with one attached hydrogen (secondary N) is 2. The quantitative estimate of drug-likeness (QED) is 0.832. The lowest BCUT2D eigenvalue weighted by molar-refractivity contribution is 0.0973. The molecule has 0 saturated carbocycles. The van der Waals surface area contributed by atoms with Crippen molar-refractivity contribution < 1.29 is 0 Å². The Morgan fingerprint density at radius 3 is 2.89 bits per heavy atom. The van der Waals surface area contributed by atoms with Crippen LogP contribution >= 0.6 is 0 Å². The van der Waals surface area contributed by atoms with Gasteiger partial charge in [0.25, 0.3) is 5.56 Å². The van der Waals surface area contributed by atoms with Crippen LogP contribution in [0.2, 0.25) is 0 Å². The van der Waals surface area contributed by atoms with E-state index in [4.69, 9.17) is 0 Å². The molecule has 4 heterocycles. The zero-order valence-corrected chi connectivity index (χ0v) is 10.8. The molecule has 1 aromatic rings. The van der Waals surface area contributed by atoms with E-state index >= 15 is 0 Å². The van der Waals surface area contributed by atoms with E-state index in [1.54, 1.807) is 6.07 Å². The molecule has 5 nitrogen and oxygen atoms in total. The molecule has 1 aromatic heterocycles. The highest BCUT2D eigenvalue weighted by Gasteiger charge is 2.34. The summed E-state index contributed by atoms with van der Waals surface area (Å²) in [5, 5.41) is 3.46. The van der Waals surface area contributed by atoms with Crippen LogP contribution in [0.25, 0.3) is 0 Å². The van der Waals surface area contributed by atoms with Crippen molar-refractivity contribution in [1.29, 1.82) is 0 Å². The molecule has 2 N–H and O–H groups in total. The van der Waals surface area contributed by atoms with Crippen molar-refractivity contribution in [3.63, 3.8) is 0 Å². The summed E-state index contributed by atoms with van der Waals surface area (Å²) in [7, 11) is 0. The van der Waals surface area contributed by atoms with Gasteiger partial charge in [-0.3, -0.25) is 4.79 Å². The van der Waals surface area contributed by atoms with E-state index in [0.29, 0.717) is 6.04 Å². The topological polar surface area (TPSA) is 61.0 Å². The van der Waals surface area contributed by atoms with Gasteiger partial charge >= 0.3 is 0 Å². The first kappa shape index (κ1) is 11.7. The molecule has 3 saturated heterocycles. The first-order valence-corrected chi connectivity index (χ1v) is 6.83. The average Bonchev–Trinajstić information content (AvgIpc) is 2.39. The van der Waals surface area contributed by atoms with Crippen LogP contribution in [0.15, 0.2) is 10.9 Å². The predicted molar refractivity (Wildman–Crippen MR) is 70.8 cm³/mol. The molecule has 0 amide bonds. The second-order valence-corrected chi connectivity index (χ2v) is 5.32. The minimum absolute atomic E-state index is 0.0642. The summed E-state index contributed by atoms with van der Waals surface area (Å²) in [5.74, 6) is 2.22. The third-order valence-corrected chi connectivity index (χ3v) is 4.12. The summed E-state index contributed by atoms with van der Waals surface area (Å²) >= 11 is 0. The highest BCUT2D eigenvalue weighted by molar-refractivity contribution is 5.35. The Balaban J connectivity index is 1.76. The number of aryl methyl sites for hydroxylation is 1. The Bertz CT molecular complexity index is 476. The van der Waals surface area contributed by atoms with Crippen molar-refractivity contribution >= 4 is 5.82 Å². The minimum Gasteiger partial charge on any atom is -0.366 e. The molecule has 0 radical (unpaired) electrons. The van der Waals surface area contributed by atoms with Crippen molar-refractivity contribution in [2.24, 2.45) is 5.92 Å². The van der Waals surface area contributed by atoms with Crippen molar-refractivity contribution in [3.05, 3.63) is 22.2 Å². The Morgan fingerprint density at radius 2 is 2.28 bits per heavy atom. The molecular weight excluding hydrogens is 228 g/mol. The van der Waals surface area contributed by atoms with Crippen molar-refractivity contribution in [2.45, 2.75) is 32.2 Å². The third-order valence-electron chi connectivity index (χ3n) is 4.12. The molecular formula is C13H20N4O. The van der Waals surface area contributed by atoms with Gasteiger partial charge < -0.3 is 15.2 Å². The van der Waals surface area contributed by atoms with E-state index in [9.17, 15) is 4.79 Å². The number of piperidine rings is 3. The number of fused-ring (bicyclic) bond motifs is 3. The maximum absolute atomic E-state index is 11.5. The number of hydrogen-bond donors (Lipinski definition) is 2. The maximum atomic E-state index is 11.5. The first-order chi connectivity index (χ1) is 8.74. The molecule has 0 aliphatic carbocycles. The lowest BCUT2D eigenvalue weighted by Gasteiger charge is -2.45. The number of H-pyrrole nitrogens is 1. The van der Waals surface area contributed by atoms with Crippen molar-refractivity contribution in [3.8, 4) is 0 Å². The molecule has 0 spiro atoms. The average molecular weight is 248 g/mol. The monoisotopic (exact) mass is 248 g/mol. The maximum Gasteiger partial charge on any atom is 0.252 e. The summed E-state index contributed by atoms with van der Waals surface area (Å²) in [5.41, 5.74) is -0.0642. The number of rotatable bonds is 3. The van der Waals surface area contributed by atoms with Crippen LogP contribution in [0.5, 0.6) is 0 Å². The molecule has 0 aromatic carbocycles. The molecule has 3 aliphatic rings. The van der Waals surface area contributed by atoms with E-state index in [2.05, 4.69) is 20.2 Å².